The Balaban J connectivity index is 1.98. The fourth-order valence-electron chi connectivity index (χ4n) is 3.74. The quantitative estimate of drug-likeness (QED) is 0.830. The number of hydrogen-bond acceptors (Lipinski definition) is 4. The van der Waals surface area contributed by atoms with Gasteiger partial charge in [0.15, 0.2) is 0 Å². The summed E-state index contributed by atoms with van der Waals surface area (Å²) in [5.41, 5.74) is -0.787. The van der Waals surface area contributed by atoms with Crippen LogP contribution in [-0.4, -0.2) is 47.2 Å². The van der Waals surface area contributed by atoms with E-state index < -0.39 is 5.54 Å². The number of rotatable bonds is 4. The molecule has 0 radical (unpaired) electrons. The van der Waals surface area contributed by atoms with E-state index in [2.05, 4.69) is 23.2 Å². The van der Waals surface area contributed by atoms with Crippen molar-refractivity contribution in [3.63, 3.8) is 0 Å². The summed E-state index contributed by atoms with van der Waals surface area (Å²) in [7, 11) is 0. The number of piperidine rings is 1. The van der Waals surface area contributed by atoms with E-state index in [0.717, 1.165) is 58.0 Å². The third kappa shape index (κ3) is 3.80. The highest BCUT2D eigenvalue weighted by molar-refractivity contribution is 5.82. The van der Waals surface area contributed by atoms with Crippen molar-refractivity contribution in [2.24, 2.45) is 5.41 Å². The molecule has 2 atom stereocenters. The highest BCUT2D eigenvalue weighted by atomic mass is 16.3. The number of aliphatic hydroxyl groups excluding tert-OH is 1. The van der Waals surface area contributed by atoms with E-state index in [0.29, 0.717) is 0 Å². The zero-order chi connectivity index (χ0) is 16.2. The Morgan fingerprint density at radius 2 is 2.00 bits per heavy atom. The largest absolute Gasteiger partial charge is 0.396 e. The molecule has 0 aromatic heterocycles. The van der Waals surface area contributed by atoms with Gasteiger partial charge in [0.25, 0.3) is 0 Å². The third-order valence-corrected chi connectivity index (χ3v) is 5.40. The number of nitriles is 1. The Morgan fingerprint density at radius 1 is 1.32 bits per heavy atom. The number of hydrogen-bond donors (Lipinski definition) is 2. The van der Waals surface area contributed by atoms with Gasteiger partial charge in [-0.1, -0.05) is 26.2 Å². The maximum atomic E-state index is 12.6. The van der Waals surface area contributed by atoms with Crippen LogP contribution in [0.1, 0.15) is 58.8 Å². The molecule has 2 unspecified atom stereocenters. The fraction of sp³-hybridized carbons (Fsp3) is 0.882. The maximum Gasteiger partial charge on any atom is 0.238 e. The SMILES string of the molecule is CC(C(=O)NC1(C#N)CCCCC1)N1CCCC(C)(CO)C1. The molecule has 1 saturated carbocycles. The van der Waals surface area contributed by atoms with Gasteiger partial charge in [-0.2, -0.15) is 5.26 Å². The second-order valence-corrected chi connectivity index (χ2v) is 7.46. The van der Waals surface area contributed by atoms with Crippen LogP contribution in [0.4, 0.5) is 0 Å². The van der Waals surface area contributed by atoms with Gasteiger partial charge in [-0.05, 0) is 39.2 Å². The minimum absolute atomic E-state index is 0.0503. The van der Waals surface area contributed by atoms with Crippen molar-refractivity contribution in [3.05, 3.63) is 0 Å². The molecule has 1 saturated heterocycles. The molecule has 2 fully saturated rings. The number of nitrogens with zero attached hydrogens (tertiary/aromatic N) is 2. The number of aliphatic hydroxyl groups is 1. The van der Waals surface area contributed by atoms with E-state index >= 15 is 0 Å². The number of likely N-dealkylation sites (tertiary alicyclic amines) is 1. The van der Waals surface area contributed by atoms with E-state index in [-0.39, 0.29) is 24.0 Å². The lowest BCUT2D eigenvalue weighted by molar-refractivity contribution is -0.129. The van der Waals surface area contributed by atoms with Crippen LogP contribution in [0, 0.1) is 16.7 Å². The summed E-state index contributed by atoms with van der Waals surface area (Å²) in [5.74, 6) is -0.0503. The normalized spacial score (nSPS) is 30.3. The minimum Gasteiger partial charge on any atom is -0.396 e. The molecule has 2 rings (SSSR count). The monoisotopic (exact) mass is 307 g/mol. The van der Waals surface area contributed by atoms with E-state index in [1.54, 1.807) is 0 Å². The molecule has 0 bridgehead atoms. The molecule has 22 heavy (non-hydrogen) atoms. The van der Waals surface area contributed by atoms with Crippen LogP contribution in [-0.2, 0) is 4.79 Å². The molecule has 1 aliphatic heterocycles. The van der Waals surface area contributed by atoms with Crippen LogP contribution < -0.4 is 5.32 Å². The summed E-state index contributed by atoms with van der Waals surface area (Å²) in [6.07, 6.45) is 6.68. The average Bonchev–Trinajstić information content (AvgIpc) is 2.55. The molecule has 0 spiro atoms. The van der Waals surface area contributed by atoms with E-state index in [9.17, 15) is 15.2 Å². The molecule has 2 N–H and O–H groups in total. The Hall–Kier alpha value is -1.12. The first-order chi connectivity index (χ1) is 10.4. The fourth-order valence-corrected chi connectivity index (χ4v) is 3.74. The molecule has 1 amide bonds. The lowest BCUT2D eigenvalue weighted by Crippen LogP contribution is -2.57. The summed E-state index contributed by atoms with van der Waals surface area (Å²) < 4.78 is 0. The van der Waals surface area contributed by atoms with Crippen LogP contribution in [0.3, 0.4) is 0 Å². The smallest absolute Gasteiger partial charge is 0.238 e. The van der Waals surface area contributed by atoms with E-state index in [4.69, 9.17) is 0 Å². The highest BCUT2D eigenvalue weighted by Gasteiger charge is 2.38. The Morgan fingerprint density at radius 3 is 2.59 bits per heavy atom. The van der Waals surface area contributed by atoms with E-state index in [1.165, 1.54) is 0 Å². The van der Waals surface area contributed by atoms with Crippen LogP contribution in [0.5, 0.6) is 0 Å². The van der Waals surface area contributed by atoms with Crippen LogP contribution >= 0.6 is 0 Å². The second-order valence-electron chi connectivity index (χ2n) is 7.46. The van der Waals surface area contributed by atoms with Crippen LogP contribution in [0.2, 0.25) is 0 Å². The van der Waals surface area contributed by atoms with Gasteiger partial charge in [-0.25, -0.2) is 0 Å². The summed E-state index contributed by atoms with van der Waals surface area (Å²) in [4.78, 5) is 14.7. The van der Waals surface area contributed by atoms with Crippen molar-refractivity contribution < 1.29 is 9.90 Å². The molecular formula is C17H29N3O2. The average molecular weight is 307 g/mol. The minimum atomic E-state index is -0.667. The predicted molar refractivity (Wildman–Crippen MR) is 85.0 cm³/mol. The lowest BCUT2D eigenvalue weighted by atomic mass is 9.81. The Kier molecular flexibility index (Phi) is 5.46. The summed E-state index contributed by atoms with van der Waals surface area (Å²) in [6.45, 7) is 5.75. The molecule has 1 aliphatic carbocycles. The van der Waals surface area contributed by atoms with Gasteiger partial charge < -0.3 is 10.4 Å². The van der Waals surface area contributed by atoms with Gasteiger partial charge in [0, 0.05) is 18.6 Å². The molecule has 5 nitrogen and oxygen atoms in total. The van der Waals surface area contributed by atoms with Crippen molar-refractivity contribution in [1.29, 1.82) is 5.26 Å². The molecule has 5 heteroatoms. The topological polar surface area (TPSA) is 76.4 Å². The second kappa shape index (κ2) is 6.97. The summed E-state index contributed by atoms with van der Waals surface area (Å²) in [6, 6.07) is 2.09. The van der Waals surface area contributed by atoms with Gasteiger partial charge in [-0.15, -0.1) is 0 Å². The van der Waals surface area contributed by atoms with Gasteiger partial charge in [-0.3, -0.25) is 9.69 Å². The van der Waals surface area contributed by atoms with Gasteiger partial charge in [0.2, 0.25) is 5.91 Å². The standard InChI is InChI=1S/C17H29N3O2/c1-14(20-10-6-7-16(2,12-20)13-21)15(22)19-17(11-18)8-4-3-5-9-17/h14,21H,3-10,12-13H2,1-2H3,(H,19,22). The number of carbonyl (C=O) groups excluding carboxylic acids is 1. The zero-order valence-corrected chi connectivity index (χ0v) is 13.9. The van der Waals surface area contributed by atoms with Crippen molar-refractivity contribution in [3.8, 4) is 6.07 Å². The third-order valence-electron chi connectivity index (χ3n) is 5.40. The predicted octanol–water partition coefficient (Wildman–Crippen LogP) is 1.81. The first-order valence-electron chi connectivity index (χ1n) is 8.52. The number of carbonyl (C=O) groups is 1. The zero-order valence-electron chi connectivity index (χ0n) is 13.9. The summed E-state index contributed by atoms with van der Waals surface area (Å²) >= 11 is 0. The molecule has 124 valence electrons. The van der Waals surface area contributed by atoms with Crippen LogP contribution in [0.15, 0.2) is 0 Å². The summed E-state index contributed by atoms with van der Waals surface area (Å²) in [5, 5.41) is 22.1. The molecule has 0 aromatic rings. The van der Waals surface area contributed by atoms with Crippen molar-refractivity contribution >= 4 is 5.91 Å². The van der Waals surface area contributed by atoms with E-state index in [1.807, 2.05) is 6.92 Å². The highest BCUT2D eigenvalue weighted by Crippen LogP contribution is 2.31. The van der Waals surface area contributed by atoms with Crippen molar-refractivity contribution in [1.82, 2.24) is 10.2 Å². The molecule has 2 aliphatic rings. The Bertz CT molecular complexity index is 440. The number of amides is 1. The molecule has 1 heterocycles. The van der Waals surface area contributed by atoms with Crippen LogP contribution in [0.25, 0.3) is 0 Å². The van der Waals surface area contributed by atoms with Crippen molar-refractivity contribution in [2.75, 3.05) is 19.7 Å². The number of nitrogens with one attached hydrogen (secondary N) is 1. The van der Waals surface area contributed by atoms with Crippen molar-refractivity contribution in [2.45, 2.75) is 70.4 Å². The van der Waals surface area contributed by atoms with Gasteiger partial charge in [0.1, 0.15) is 5.54 Å². The first kappa shape index (κ1) is 17.2. The lowest BCUT2D eigenvalue weighted by Gasteiger charge is -2.42. The van der Waals surface area contributed by atoms with Gasteiger partial charge in [0.05, 0.1) is 12.1 Å². The van der Waals surface area contributed by atoms with Gasteiger partial charge >= 0.3 is 0 Å². The Labute approximate surface area is 133 Å². The molecule has 0 aromatic carbocycles. The first-order valence-corrected chi connectivity index (χ1v) is 8.52. The maximum absolute atomic E-state index is 12.6. The molecular weight excluding hydrogens is 278 g/mol.